The van der Waals surface area contributed by atoms with Crippen LogP contribution in [0.1, 0.15) is 5.56 Å². The third kappa shape index (κ3) is 5.86. The van der Waals surface area contributed by atoms with Gasteiger partial charge >= 0.3 is 5.97 Å². The maximum atomic E-state index is 10.8. The fourth-order valence-corrected chi connectivity index (χ4v) is 1.72. The van der Waals surface area contributed by atoms with Crippen molar-refractivity contribution in [2.24, 2.45) is 5.73 Å². The van der Waals surface area contributed by atoms with Crippen LogP contribution in [0.15, 0.2) is 18.2 Å². The van der Waals surface area contributed by atoms with Crippen molar-refractivity contribution in [3.05, 3.63) is 23.8 Å². The predicted octanol–water partition coefficient (Wildman–Crippen LogP) is 1.88. The zero-order valence-corrected chi connectivity index (χ0v) is 12.4. The fourth-order valence-electron chi connectivity index (χ4n) is 1.57. The molecule has 0 radical (unpaired) electrons. The molecule has 20 heavy (non-hydrogen) atoms. The molecule has 0 spiro atoms. The normalized spacial score (nSPS) is 11.9. The second-order valence-electron chi connectivity index (χ2n) is 4.04. The molecule has 0 aromatic heterocycles. The maximum absolute atomic E-state index is 10.8. The van der Waals surface area contributed by atoms with E-state index in [2.05, 4.69) is 0 Å². The summed E-state index contributed by atoms with van der Waals surface area (Å²) in [5, 5.41) is 8.84. The van der Waals surface area contributed by atoms with E-state index in [1.807, 2.05) is 0 Å². The molecule has 0 bridgehead atoms. The summed E-state index contributed by atoms with van der Waals surface area (Å²) in [5.41, 5.74) is 6.24. The number of hydrogen-bond acceptors (Lipinski definition) is 4. The number of benzene rings is 1. The summed E-state index contributed by atoms with van der Waals surface area (Å²) in [6.07, 6.45) is 0.185. The van der Waals surface area contributed by atoms with E-state index in [0.29, 0.717) is 36.5 Å². The van der Waals surface area contributed by atoms with Gasteiger partial charge in [-0.15, -0.1) is 23.2 Å². The molecular weight excluding hydrogens is 305 g/mol. The standard InChI is InChI=1S/C13H17Cl2NO4/c14-1-3-19-10-5-9(7-12(16)13(17)18)6-11(8-10)20-4-2-15/h5-6,8,12H,1-4,7,16H2,(H,17,18)/t12-/m0/s1. The Hall–Kier alpha value is -1.17. The van der Waals surface area contributed by atoms with Crippen LogP contribution in [0, 0.1) is 0 Å². The molecule has 0 aliphatic heterocycles. The molecule has 0 saturated carbocycles. The van der Waals surface area contributed by atoms with Crippen LogP contribution in [0.25, 0.3) is 0 Å². The third-order valence-corrected chi connectivity index (χ3v) is 2.71. The number of carbonyl (C=O) groups is 1. The molecule has 0 heterocycles. The molecule has 0 saturated heterocycles. The van der Waals surface area contributed by atoms with Crippen molar-refractivity contribution in [1.82, 2.24) is 0 Å². The number of carboxylic acids is 1. The van der Waals surface area contributed by atoms with Gasteiger partial charge in [-0.1, -0.05) is 0 Å². The molecule has 1 atom stereocenters. The monoisotopic (exact) mass is 321 g/mol. The number of rotatable bonds is 9. The van der Waals surface area contributed by atoms with Crippen molar-refractivity contribution >= 4 is 29.2 Å². The number of nitrogens with two attached hydrogens (primary N) is 1. The third-order valence-electron chi connectivity index (χ3n) is 2.40. The first kappa shape index (κ1) is 16.9. The smallest absolute Gasteiger partial charge is 0.320 e. The maximum Gasteiger partial charge on any atom is 0.320 e. The lowest BCUT2D eigenvalue weighted by Gasteiger charge is -2.12. The molecule has 0 fully saturated rings. The lowest BCUT2D eigenvalue weighted by molar-refractivity contribution is -0.138. The molecule has 0 aliphatic rings. The summed E-state index contributed by atoms with van der Waals surface area (Å²) >= 11 is 11.1. The van der Waals surface area contributed by atoms with Crippen LogP contribution < -0.4 is 15.2 Å². The molecule has 1 rings (SSSR count). The largest absolute Gasteiger partial charge is 0.492 e. The van der Waals surface area contributed by atoms with Gasteiger partial charge in [0.25, 0.3) is 0 Å². The summed E-state index contributed by atoms with van der Waals surface area (Å²) in [7, 11) is 0. The summed E-state index contributed by atoms with van der Waals surface area (Å²) in [6.45, 7) is 0.704. The Kier molecular flexibility index (Phi) is 7.51. The molecule has 1 aromatic carbocycles. The molecule has 0 unspecified atom stereocenters. The van der Waals surface area contributed by atoms with Crippen LogP contribution in [-0.2, 0) is 11.2 Å². The summed E-state index contributed by atoms with van der Waals surface area (Å²) in [6, 6.07) is 4.18. The molecule has 7 heteroatoms. The molecule has 5 nitrogen and oxygen atoms in total. The van der Waals surface area contributed by atoms with E-state index < -0.39 is 12.0 Å². The average molecular weight is 322 g/mol. The van der Waals surface area contributed by atoms with E-state index in [1.165, 1.54) is 0 Å². The van der Waals surface area contributed by atoms with Gasteiger partial charge in [0, 0.05) is 6.07 Å². The van der Waals surface area contributed by atoms with Gasteiger partial charge in [0.05, 0.1) is 11.8 Å². The lowest BCUT2D eigenvalue weighted by Crippen LogP contribution is -2.32. The van der Waals surface area contributed by atoms with Crippen molar-refractivity contribution < 1.29 is 19.4 Å². The minimum absolute atomic E-state index is 0.185. The van der Waals surface area contributed by atoms with Gasteiger partial charge in [-0.3, -0.25) is 4.79 Å². The van der Waals surface area contributed by atoms with Gasteiger partial charge < -0.3 is 20.3 Å². The Labute approximate surface area is 127 Å². The highest BCUT2D eigenvalue weighted by atomic mass is 35.5. The summed E-state index contributed by atoms with van der Waals surface area (Å²) in [5.74, 6) is 0.781. The molecular formula is C13H17Cl2NO4. The van der Waals surface area contributed by atoms with Gasteiger partial charge in [0.15, 0.2) is 0 Å². The second-order valence-corrected chi connectivity index (χ2v) is 4.79. The van der Waals surface area contributed by atoms with E-state index in [9.17, 15) is 4.79 Å². The SMILES string of the molecule is N[C@@H](Cc1cc(OCCCl)cc(OCCCl)c1)C(=O)O. The van der Waals surface area contributed by atoms with E-state index in [-0.39, 0.29) is 6.42 Å². The number of alkyl halides is 2. The average Bonchev–Trinajstić information content (AvgIpc) is 2.42. The predicted molar refractivity (Wildman–Crippen MR) is 78.2 cm³/mol. The van der Waals surface area contributed by atoms with Crippen LogP contribution in [0.2, 0.25) is 0 Å². The second kappa shape index (κ2) is 8.89. The number of carboxylic acid groups (broad SMARTS) is 1. The van der Waals surface area contributed by atoms with Crippen LogP contribution in [0.4, 0.5) is 0 Å². The van der Waals surface area contributed by atoms with Crippen molar-refractivity contribution in [3.8, 4) is 11.5 Å². The first-order chi connectivity index (χ1) is 9.56. The van der Waals surface area contributed by atoms with Crippen LogP contribution in [0.3, 0.4) is 0 Å². The van der Waals surface area contributed by atoms with Crippen molar-refractivity contribution in [2.75, 3.05) is 25.0 Å². The zero-order valence-electron chi connectivity index (χ0n) is 10.9. The number of aliphatic carboxylic acids is 1. The summed E-state index contributed by atoms with van der Waals surface area (Å²) in [4.78, 5) is 10.8. The quantitative estimate of drug-likeness (QED) is 0.678. The van der Waals surface area contributed by atoms with Crippen molar-refractivity contribution in [2.45, 2.75) is 12.5 Å². The topological polar surface area (TPSA) is 81.8 Å². The molecule has 3 N–H and O–H groups in total. The van der Waals surface area contributed by atoms with Crippen LogP contribution in [-0.4, -0.2) is 42.1 Å². The van der Waals surface area contributed by atoms with Crippen LogP contribution >= 0.6 is 23.2 Å². The van der Waals surface area contributed by atoms with Gasteiger partial charge in [-0.2, -0.15) is 0 Å². The van der Waals surface area contributed by atoms with Crippen LogP contribution in [0.5, 0.6) is 11.5 Å². The first-order valence-corrected chi connectivity index (χ1v) is 7.13. The minimum Gasteiger partial charge on any atom is -0.492 e. The fraction of sp³-hybridized carbons (Fsp3) is 0.462. The van der Waals surface area contributed by atoms with E-state index in [0.717, 1.165) is 5.56 Å². The molecule has 112 valence electrons. The van der Waals surface area contributed by atoms with E-state index in [1.54, 1.807) is 18.2 Å². The van der Waals surface area contributed by atoms with E-state index in [4.69, 9.17) is 43.5 Å². The van der Waals surface area contributed by atoms with Gasteiger partial charge in [0.1, 0.15) is 30.8 Å². The zero-order chi connectivity index (χ0) is 15.0. The van der Waals surface area contributed by atoms with Gasteiger partial charge in [-0.25, -0.2) is 0 Å². The van der Waals surface area contributed by atoms with Gasteiger partial charge in [-0.05, 0) is 24.1 Å². The highest BCUT2D eigenvalue weighted by Gasteiger charge is 2.14. The lowest BCUT2D eigenvalue weighted by atomic mass is 10.1. The Morgan fingerprint density at radius 2 is 1.65 bits per heavy atom. The molecule has 1 aromatic rings. The molecule has 0 aliphatic carbocycles. The Bertz CT molecular complexity index is 416. The minimum atomic E-state index is -1.06. The summed E-state index contributed by atoms with van der Waals surface area (Å²) < 4.78 is 10.9. The Morgan fingerprint density at radius 3 is 2.05 bits per heavy atom. The molecule has 0 amide bonds. The highest BCUT2D eigenvalue weighted by molar-refractivity contribution is 6.18. The Morgan fingerprint density at radius 1 is 1.15 bits per heavy atom. The number of halogens is 2. The highest BCUT2D eigenvalue weighted by Crippen LogP contribution is 2.24. The number of hydrogen-bond donors (Lipinski definition) is 2. The van der Waals surface area contributed by atoms with E-state index >= 15 is 0 Å². The van der Waals surface area contributed by atoms with Gasteiger partial charge in [0.2, 0.25) is 0 Å². The van der Waals surface area contributed by atoms with Crippen molar-refractivity contribution in [3.63, 3.8) is 0 Å². The Balaban J connectivity index is 2.87. The number of ether oxygens (including phenoxy) is 2. The first-order valence-electron chi connectivity index (χ1n) is 6.06. The van der Waals surface area contributed by atoms with Crippen molar-refractivity contribution in [1.29, 1.82) is 0 Å².